The predicted octanol–water partition coefficient (Wildman–Crippen LogP) is 4.16. The third-order valence-corrected chi connectivity index (χ3v) is 4.83. The van der Waals surface area contributed by atoms with Gasteiger partial charge in [-0.05, 0) is 35.7 Å². The van der Waals surface area contributed by atoms with Crippen LogP contribution in [-0.4, -0.2) is 32.0 Å². The molecule has 2 aromatic rings. The predicted molar refractivity (Wildman–Crippen MR) is 122 cm³/mol. The largest absolute Gasteiger partial charge is 0.416 e. The number of fused-ring (bicyclic) bond motifs is 1. The number of benzene rings is 2. The van der Waals surface area contributed by atoms with Gasteiger partial charge in [0.25, 0.3) is 0 Å². The molecule has 1 heterocycles. The lowest BCUT2D eigenvalue weighted by atomic mass is 9.90. The number of amides is 1. The van der Waals surface area contributed by atoms with Crippen molar-refractivity contribution in [2.75, 3.05) is 25.5 Å². The van der Waals surface area contributed by atoms with E-state index in [0.717, 1.165) is 28.9 Å². The van der Waals surface area contributed by atoms with E-state index in [4.69, 9.17) is 0 Å². The van der Waals surface area contributed by atoms with E-state index >= 15 is 0 Å². The van der Waals surface area contributed by atoms with E-state index in [9.17, 15) is 18.0 Å². The molecule has 1 aliphatic heterocycles. The first kappa shape index (κ1) is 24.0. The molecular formula is C21H24F3IN4O. The lowest BCUT2D eigenvalue weighted by Crippen LogP contribution is -2.41. The van der Waals surface area contributed by atoms with E-state index in [0.29, 0.717) is 31.9 Å². The van der Waals surface area contributed by atoms with Gasteiger partial charge in [0, 0.05) is 38.2 Å². The van der Waals surface area contributed by atoms with Crippen molar-refractivity contribution in [1.29, 1.82) is 0 Å². The fourth-order valence-corrected chi connectivity index (χ4v) is 3.31. The van der Waals surface area contributed by atoms with E-state index in [2.05, 4.69) is 20.9 Å². The molecule has 0 fully saturated rings. The molecule has 0 saturated heterocycles. The molecule has 0 bridgehead atoms. The Morgan fingerprint density at radius 3 is 2.50 bits per heavy atom. The zero-order valence-electron chi connectivity index (χ0n) is 16.4. The fraction of sp³-hybridized carbons (Fsp3) is 0.333. The summed E-state index contributed by atoms with van der Waals surface area (Å²) >= 11 is 0. The highest BCUT2D eigenvalue weighted by molar-refractivity contribution is 14.0. The molecule has 162 valence electrons. The van der Waals surface area contributed by atoms with Crippen LogP contribution in [0.1, 0.15) is 29.0 Å². The van der Waals surface area contributed by atoms with Crippen LogP contribution in [0, 0.1) is 0 Å². The monoisotopic (exact) mass is 532 g/mol. The highest BCUT2D eigenvalue weighted by Crippen LogP contribution is 2.31. The summed E-state index contributed by atoms with van der Waals surface area (Å²) in [7, 11) is 1.65. The van der Waals surface area contributed by atoms with Gasteiger partial charge in [-0.15, -0.1) is 24.0 Å². The second-order valence-electron chi connectivity index (χ2n) is 6.86. The Labute approximate surface area is 190 Å². The van der Waals surface area contributed by atoms with Gasteiger partial charge in [0.2, 0.25) is 5.91 Å². The van der Waals surface area contributed by atoms with Gasteiger partial charge in [0.15, 0.2) is 5.96 Å². The molecule has 1 aliphatic rings. The van der Waals surface area contributed by atoms with Gasteiger partial charge < -0.3 is 16.0 Å². The summed E-state index contributed by atoms with van der Waals surface area (Å²) in [6.45, 7) is 1.07. The van der Waals surface area contributed by atoms with Crippen molar-refractivity contribution in [3.05, 3.63) is 65.2 Å². The number of halogens is 4. The molecule has 1 atom stereocenters. The number of carbonyl (C=O) groups is 1. The summed E-state index contributed by atoms with van der Waals surface area (Å²) in [4.78, 5) is 16.1. The van der Waals surface area contributed by atoms with Crippen molar-refractivity contribution in [2.24, 2.45) is 4.99 Å². The highest BCUT2D eigenvalue weighted by Gasteiger charge is 2.30. The second-order valence-corrected chi connectivity index (χ2v) is 6.86. The topological polar surface area (TPSA) is 65.5 Å². The van der Waals surface area contributed by atoms with E-state index in [1.165, 1.54) is 12.1 Å². The Hall–Kier alpha value is -2.30. The van der Waals surface area contributed by atoms with Gasteiger partial charge >= 0.3 is 6.18 Å². The molecule has 1 unspecified atom stereocenters. The van der Waals surface area contributed by atoms with Gasteiger partial charge in [-0.1, -0.05) is 30.3 Å². The number of hydrogen-bond acceptors (Lipinski definition) is 2. The summed E-state index contributed by atoms with van der Waals surface area (Å²) in [6, 6.07) is 12.9. The molecule has 1 amide bonds. The highest BCUT2D eigenvalue weighted by atomic mass is 127. The Morgan fingerprint density at radius 1 is 1.13 bits per heavy atom. The molecule has 0 spiro atoms. The number of nitrogens with one attached hydrogen (secondary N) is 3. The minimum absolute atomic E-state index is 0. The maximum absolute atomic E-state index is 12.6. The van der Waals surface area contributed by atoms with E-state index in [1.807, 2.05) is 24.3 Å². The summed E-state index contributed by atoms with van der Waals surface area (Å²) in [5, 5.41) is 9.25. The van der Waals surface area contributed by atoms with Crippen LogP contribution in [0.4, 0.5) is 18.9 Å². The summed E-state index contributed by atoms with van der Waals surface area (Å²) in [5.41, 5.74) is 2.07. The van der Waals surface area contributed by atoms with Crippen LogP contribution in [0.2, 0.25) is 0 Å². The molecular weight excluding hydrogens is 508 g/mol. The van der Waals surface area contributed by atoms with Crippen molar-refractivity contribution >= 4 is 41.5 Å². The first-order chi connectivity index (χ1) is 13.9. The Morgan fingerprint density at radius 2 is 1.83 bits per heavy atom. The third-order valence-electron chi connectivity index (χ3n) is 4.83. The number of hydrogen-bond donors (Lipinski definition) is 3. The van der Waals surface area contributed by atoms with Crippen LogP contribution in [-0.2, 0) is 17.4 Å². The normalized spacial score (nSPS) is 16.2. The maximum Gasteiger partial charge on any atom is 0.416 e. The number of aliphatic imine (C=N–C) groups is 1. The minimum atomic E-state index is -4.32. The van der Waals surface area contributed by atoms with Crippen LogP contribution < -0.4 is 16.0 Å². The summed E-state index contributed by atoms with van der Waals surface area (Å²) in [5.74, 6) is 0.606. The molecule has 3 rings (SSSR count). The summed E-state index contributed by atoms with van der Waals surface area (Å²) < 4.78 is 37.9. The van der Waals surface area contributed by atoms with Gasteiger partial charge in [0.05, 0.1) is 5.56 Å². The van der Waals surface area contributed by atoms with Gasteiger partial charge in [-0.2, -0.15) is 13.2 Å². The molecule has 9 heteroatoms. The van der Waals surface area contributed by atoms with Crippen molar-refractivity contribution < 1.29 is 18.0 Å². The average Bonchev–Trinajstić information content (AvgIpc) is 2.70. The number of rotatable bonds is 5. The maximum atomic E-state index is 12.6. The molecule has 0 radical (unpaired) electrons. The molecule has 2 aromatic carbocycles. The van der Waals surface area contributed by atoms with Gasteiger partial charge in [-0.3, -0.25) is 9.79 Å². The summed E-state index contributed by atoms with van der Waals surface area (Å²) in [6.07, 6.45) is -3.36. The van der Waals surface area contributed by atoms with Crippen molar-refractivity contribution in [1.82, 2.24) is 10.6 Å². The SMILES string of the molecule is CN=C(NCCc1ccc(C(F)(F)F)cc1)NCC1CC(=O)Nc2ccccc21.I. The molecule has 0 aromatic heterocycles. The van der Waals surface area contributed by atoms with Gasteiger partial charge in [0.1, 0.15) is 0 Å². The first-order valence-corrected chi connectivity index (χ1v) is 9.36. The molecule has 0 saturated carbocycles. The number of alkyl halides is 3. The molecule has 5 nitrogen and oxygen atoms in total. The second kappa shape index (κ2) is 10.6. The number of guanidine groups is 1. The quantitative estimate of drug-likeness (QED) is 0.308. The molecule has 30 heavy (non-hydrogen) atoms. The Balaban J connectivity index is 0.00000320. The minimum Gasteiger partial charge on any atom is -0.356 e. The number of anilines is 1. The standard InChI is InChI=1S/C21H23F3N4O.HI/c1-25-20(26-11-10-14-6-8-16(9-7-14)21(22,23)24)27-13-15-12-19(29)28-18-5-3-2-4-17(15)18;/h2-9,15H,10-13H2,1H3,(H,28,29)(H2,25,26,27);1H. The molecule has 0 aliphatic carbocycles. The zero-order valence-corrected chi connectivity index (χ0v) is 18.8. The smallest absolute Gasteiger partial charge is 0.356 e. The number of para-hydroxylation sites is 1. The number of carbonyl (C=O) groups excluding carboxylic acids is 1. The van der Waals surface area contributed by atoms with Crippen LogP contribution in [0.15, 0.2) is 53.5 Å². The lowest BCUT2D eigenvalue weighted by molar-refractivity contribution is -0.137. The van der Waals surface area contributed by atoms with Crippen LogP contribution >= 0.6 is 24.0 Å². The number of nitrogens with zero attached hydrogens (tertiary/aromatic N) is 1. The van der Waals surface area contributed by atoms with Crippen LogP contribution in [0.3, 0.4) is 0 Å². The fourth-order valence-electron chi connectivity index (χ4n) is 3.31. The Bertz CT molecular complexity index is 885. The van der Waals surface area contributed by atoms with Gasteiger partial charge in [-0.25, -0.2) is 0 Å². The first-order valence-electron chi connectivity index (χ1n) is 9.36. The van der Waals surface area contributed by atoms with E-state index in [1.54, 1.807) is 7.05 Å². The lowest BCUT2D eigenvalue weighted by Gasteiger charge is -2.26. The van der Waals surface area contributed by atoms with E-state index in [-0.39, 0.29) is 35.8 Å². The van der Waals surface area contributed by atoms with Crippen LogP contribution in [0.5, 0.6) is 0 Å². The van der Waals surface area contributed by atoms with Crippen molar-refractivity contribution in [3.63, 3.8) is 0 Å². The third kappa shape index (κ3) is 6.35. The van der Waals surface area contributed by atoms with Crippen LogP contribution in [0.25, 0.3) is 0 Å². The van der Waals surface area contributed by atoms with E-state index < -0.39 is 11.7 Å². The van der Waals surface area contributed by atoms with Crippen molar-refractivity contribution in [2.45, 2.75) is 24.9 Å². The average molecular weight is 532 g/mol. The molecule has 3 N–H and O–H groups in total. The van der Waals surface area contributed by atoms with Crippen molar-refractivity contribution in [3.8, 4) is 0 Å². The Kier molecular flexibility index (Phi) is 8.51. The zero-order chi connectivity index (χ0) is 20.9.